The lowest BCUT2D eigenvalue weighted by Gasteiger charge is -2.12. The number of aromatic nitrogens is 4. The van der Waals surface area contributed by atoms with Gasteiger partial charge in [-0.1, -0.05) is 71.2 Å². The standard InChI is InChI=1S/C21H14ClFIN3O.C13H11ClFNO.C8H4ClIN2.C3H8O.ClH/c22-17-10-15(6-8-20(17)28-11-13-3-1-2-4-18(13)23)27-21-16-9-14(24)5-7-19(16)25-12-26-21;14-11-7-10(16)5-6-13(11)17-8-9-3-1-2-4-12(9)15;9-8-6-3-5(10)1-2-7(6)11-4-12-8;1-3(2)4;/h1-10,12H,11H2,(H,25,26,27);1-7H,8,16H2;1-4H;3-4H,1-2H3;1H. The van der Waals surface area contributed by atoms with Crippen LogP contribution in [0.15, 0.2) is 134 Å². The van der Waals surface area contributed by atoms with E-state index in [4.69, 9.17) is 55.1 Å². The minimum absolute atomic E-state index is 0. The first kappa shape index (κ1) is 50.3. The SMILES string of the molecule is CC(C)O.Cl.Clc1ncnc2ccc(I)cc12.Fc1ccccc1COc1ccc(Nc2ncnc3ccc(I)cc23)cc1Cl.Nc1ccc(OCc2ccccc2F)c(Cl)c1. The second-order valence-electron chi connectivity index (χ2n) is 13.0. The molecule has 0 saturated heterocycles. The predicted molar refractivity (Wildman–Crippen MR) is 266 cm³/mol. The highest BCUT2D eigenvalue weighted by Gasteiger charge is 2.10. The van der Waals surface area contributed by atoms with Gasteiger partial charge in [-0.25, -0.2) is 28.7 Å². The fraction of sp³-hybridized carbons (Fsp3) is 0.111. The maximum Gasteiger partial charge on any atom is 0.141 e. The fourth-order valence-electron chi connectivity index (χ4n) is 5.13. The van der Waals surface area contributed by atoms with Gasteiger partial charge in [-0.05, 0) is 144 Å². The van der Waals surface area contributed by atoms with Crippen molar-refractivity contribution >= 4 is 131 Å². The third-order valence-electron chi connectivity index (χ3n) is 7.98. The Morgan fingerprint density at radius 1 is 0.645 bits per heavy atom. The van der Waals surface area contributed by atoms with E-state index in [1.807, 2.05) is 42.5 Å². The van der Waals surface area contributed by atoms with E-state index in [0.29, 0.717) is 49.3 Å². The summed E-state index contributed by atoms with van der Waals surface area (Å²) < 4.78 is 40.4. The molecule has 0 unspecified atom stereocenters. The van der Waals surface area contributed by atoms with Gasteiger partial charge in [0.05, 0.1) is 21.1 Å². The number of fused-ring (bicyclic) bond motifs is 2. The number of nitrogens with one attached hydrogen (secondary N) is 1. The summed E-state index contributed by atoms with van der Waals surface area (Å²) in [5.41, 5.74) is 9.59. The van der Waals surface area contributed by atoms with E-state index in [9.17, 15) is 8.78 Å². The second kappa shape index (κ2) is 25.1. The number of nitrogens with zero attached hydrogens (tertiary/aromatic N) is 4. The summed E-state index contributed by atoms with van der Waals surface area (Å²) in [6.45, 7) is 3.68. The molecule has 0 fully saturated rings. The molecular formula is C45H38Cl4F2I2N6O3. The lowest BCUT2D eigenvalue weighted by molar-refractivity contribution is 0.216. The number of hydrogen-bond acceptors (Lipinski definition) is 9. The summed E-state index contributed by atoms with van der Waals surface area (Å²) >= 11 is 22.6. The van der Waals surface area contributed by atoms with Gasteiger partial charge in [-0.15, -0.1) is 12.4 Å². The normalized spacial score (nSPS) is 10.3. The van der Waals surface area contributed by atoms with Crippen LogP contribution in [0.25, 0.3) is 21.8 Å². The van der Waals surface area contributed by atoms with E-state index in [-0.39, 0.29) is 43.4 Å². The number of aliphatic hydroxyl groups excluding tert-OH is 1. The molecule has 322 valence electrons. The second-order valence-corrected chi connectivity index (χ2v) is 16.7. The molecule has 6 aromatic carbocycles. The monoisotopic (exact) mass is 1140 g/mol. The van der Waals surface area contributed by atoms with E-state index in [1.54, 1.807) is 80.6 Å². The van der Waals surface area contributed by atoms with Gasteiger partial charge < -0.3 is 25.6 Å². The molecule has 8 aromatic rings. The van der Waals surface area contributed by atoms with Crippen LogP contribution < -0.4 is 20.5 Å². The first-order valence-electron chi connectivity index (χ1n) is 18.3. The van der Waals surface area contributed by atoms with Crippen LogP contribution in [0.3, 0.4) is 0 Å². The Bertz CT molecular complexity index is 2720. The fourth-order valence-corrected chi connectivity index (χ4v) is 6.79. The zero-order valence-electron chi connectivity index (χ0n) is 32.9. The first-order valence-corrected chi connectivity index (χ1v) is 21.5. The molecular weight excluding hydrogens is 1110 g/mol. The molecule has 17 heteroatoms. The van der Waals surface area contributed by atoms with Crippen molar-refractivity contribution in [2.24, 2.45) is 0 Å². The molecule has 0 aliphatic rings. The predicted octanol–water partition coefficient (Wildman–Crippen LogP) is 13.7. The Morgan fingerprint density at radius 3 is 1.66 bits per heavy atom. The minimum Gasteiger partial charge on any atom is -0.487 e. The van der Waals surface area contributed by atoms with E-state index in [2.05, 4.69) is 70.4 Å². The smallest absolute Gasteiger partial charge is 0.141 e. The Labute approximate surface area is 406 Å². The van der Waals surface area contributed by atoms with Crippen LogP contribution in [-0.4, -0.2) is 31.1 Å². The third-order valence-corrected chi connectivity index (χ3v) is 10.2. The molecule has 4 N–H and O–H groups in total. The zero-order valence-corrected chi connectivity index (χ0v) is 40.3. The number of halogens is 8. The Balaban J connectivity index is 0.000000211. The van der Waals surface area contributed by atoms with Gasteiger partial charge in [0, 0.05) is 46.5 Å². The summed E-state index contributed by atoms with van der Waals surface area (Å²) in [5, 5.41) is 14.5. The summed E-state index contributed by atoms with van der Waals surface area (Å²) in [6, 6.07) is 35.1. The van der Waals surface area contributed by atoms with Crippen molar-refractivity contribution in [3.05, 3.63) is 179 Å². The number of aliphatic hydroxyl groups is 1. The van der Waals surface area contributed by atoms with Gasteiger partial charge in [0.1, 0.15) is 60.0 Å². The molecule has 0 aliphatic heterocycles. The van der Waals surface area contributed by atoms with E-state index in [1.165, 1.54) is 24.8 Å². The summed E-state index contributed by atoms with van der Waals surface area (Å²) in [4.78, 5) is 16.6. The van der Waals surface area contributed by atoms with Crippen LogP contribution in [0.1, 0.15) is 25.0 Å². The van der Waals surface area contributed by atoms with Gasteiger partial charge in [-0.3, -0.25) is 0 Å². The van der Waals surface area contributed by atoms with Gasteiger partial charge in [0.15, 0.2) is 0 Å². The average molecular weight is 1140 g/mol. The molecule has 9 nitrogen and oxygen atoms in total. The summed E-state index contributed by atoms with van der Waals surface area (Å²) in [7, 11) is 0. The quantitative estimate of drug-likeness (QED) is 0.0774. The minimum atomic E-state index is -0.304. The number of anilines is 3. The van der Waals surface area contributed by atoms with Crippen LogP contribution in [0, 0.1) is 18.8 Å². The maximum atomic E-state index is 13.7. The van der Waals surface area contributed by atoms with Crippen molar-refractivity contribution in [1.82, 2.24) is 19.9 Å². The van der Waals surface area contributed by atoms with E-state index in [0.717, 1.165) is 34.6 Å². The van der Waals surface area contributed by atoms with Crippen molar-refractivity contribution in [2.75, 3.05) is 11.1 Å². The van der Waals surface area contributed by atoms with Crippen molar-refractivity contribution in [3.8, 4) is 11.5 Å². The maximum absolute atomic E-state index is 13.7. The van der Waals surface area contributed by atoms with E-state index < -0.39 is 0 Å². The van der Waals surface area contributed by atoms with Crippen molar-refractivity contribution < 1.29 is 23.4 Å². The van der Waals surface area contributed by atoms with Gasteiger partial charge in [-0.2, -0.15) is 0 Å². The highest BCUT2D eigenvalue weighted by molar-refractivity contribution is 14.1. The van der Waals surface area contributed by atoms with Crippen LogP contribution in [0.2, 0.25) is 15.2 Å². The number of nitrogens with two attached hydrogens (primary N) is 1. The highest BCUT2D eigenvalue weighted by atomic mass is 127. The van der Waals surface area contributed by atoms with Gasteiger partial charge >= 0.3 is 0 Å². The number of benzene rings is 6. The highest BCUT2D eigenvalue weighted by Crippen LogP contribution is 2.32. The lowest BCUT2D eigenvalue weighted by atomic mass is 10.2. The molecule has 0 radical (unpaired) electrons. The summed E-state index contributed by atoms with van der Waals surface area (Å²) in [5.74, 6) is 1.07. The van der Waals surface area contributed by atoms with Crippen molar-refractivity contribution in [3.63, 3.8) is 0 Å². The van der Waals surface area contributed by atoms with Crippen molar-refractivity contribution in [2.45, 2.75) is 33.2 Å². The summed E-state index contributed by atoms with van der Waals surface area (Å²) in [6.07, 6.45) is 2.82. The van der Waals surface area contributed by atoms with Crippen LogP contribution >= 0.6 is 92.4 Å². The molecule has 62 heavy (non-hydrogen) atoms. The largest absolute Gasteiger partial charge is 0.487 e. The van der Waals surface area contributed by atoms with Crippen LogP contribution in [-0.2, 0) is 13.2 Å². The first-order chi connectivity index (χ1) is 29.3. The Morgan fingerprint density at radius 2 is 1.13 bits per heavy atom. The molecule has 0 atom stereocenters. The molecule has 0 spiro atoms. The lowest BCUT2D eigenvalue weighted by Crippen LogP contribution is -2.00. The number of ether oxygens (including phenoxy) is 2. The molecule has 0 bridgehead atoms. The number of hydrogen-bond donors (Lipinski definition) is 3. The van der Waals surface area contributed by atoms with E-state index >= 15 is 0 Å². The van der Waals surface area contributed by atoms with Gasteiger partial charge in [0.2, 0.25) is 0 Å². The van der Waals surface area contributed by atoms with Crippen molar-refractivity contribution in [1.29, 1.82) is 0 Å². The Hall–Kier alpha value is -4.36. The molecule has 2 heterocycles. The van der Waals surface area contributed by atoms with Gasteiger partial charge in [0.25, 0.3) is 0 Å². The number of nitrogen functional groups attached to an aromatic ring is 1. The van der Waals surface area contributed by atoms with Crippen LogP contribution in [0.4, 0.5) is 26.0 Å². The molecule has 0 aliphatic carbocycles. The number of rotatable bonds is 8. The third kappa shape index (κ3) is 15.5. The zero-order chi connectivity index (χ0) is 43.9. The molecule has 2 aromatic heterocycles. The molecule has 0 amide bonds. The van der Waals surface area contributed by atoms with Crippen LogP contribution in [0.5, 0.6) is 11.5 Å². The topological polar surface area (TPSA) is 128 Å². The molecule has 0 saturated carbocycles. The Kier molecular flexibility index (Phi) is 20.3. The molecule has 8 rings (SSSR count). The average Bonchev–Trinajstić information content (AvgIpc) is 3.22.